The van der Waals surface area contributed by atoms with Crippen molar-refractivity contribution in [3.63, 3.8) is 0 Å². The van der Waals surface area contributed by atoms with E-state index in [0.29, 0.717) is 54.2 Å². The topological polar surface area (TPSA) is 88.3 Å². The van der Waals surface area contributed by atoms with Gasteiger partial charge in [-0.1, -0.05) is 16.8 Å². The second-order valence-corrected chi connectivity index (χ2v) is 7.55. The summed E-state index contributed by atoms with van der Waals surface area (Å²) >= 11 is 5.87. The predicted octanol–water partition coefficient (Wildman–Crippen LogP) is 2.77. The highest BCUT2D eigenvalue weighted by Crippen LogP contribution is 2.38. The standard InChI is InChI=1S/C19H21ClN4O3/c20-15-5-3-14(4-6-15)19(26)24-9-7-12(8-10-24)17(25)21-11-16-22-18(27-23-16)13-1-2-13/h3-6,12-13H,1-2,7-11H2,(H,21,25). The maximum absolute atomic E-state index is 12.5. The number of benzene rings is 1. The minimum absolute atomic E-state index is 0.0219. The quantitative estimate of drug-likeness (QED) is 0.850. The fourth-order valence-corrected chi connectivity index (χ4v) is 3.39. The number of likely N-dealkylation sites (tertiary alicyclic amines) is 1. The van der Waals surface area contributed by atoms with Gasteiger partial charge in [-0.05, 0) is 49.9 Å². The van der Waals surface area contributed by atoms with Crippen LogP contribution in [0.5, 0.6) is 0 Å². The molecule has 27 heavy (non-hydrogen) atoms. The van der Waals surface area contributed by atoms with Crippen LogP contribution in [0, 0.1) is 5.92 Å². The van der Waals surface area contributed by atoms with Gasteiger partial charge in [0, 0.05) is 35.5 Å². The van der Waals surface area contributed by atoms with E-state index in [2.05, 4.69) is 15.5 Å². The molecule has 2 aliphatic rings. The molecule has 2 aromatic rings. The third-order valence-electron chi connectivity index (χ3n) is 5.08. The lowest BCUT2D eigenvalue weighted by molar-refractivity contribution is -0.126. The summed E-state index contributed by atoms with van der Waals surface area (Å²) in [7, 11) is 0. The van der Waals surface area contributed by atoms with Crippen LogP contribution in [0.25, 0.3) is 0 Å². The van der Waals surface area contributed by atoms with Crippen molar-refractivity contribution in [1.82, 2.24) is 20.4 Å². The van der Waals surface area contributed by atoms with Crippen LogP contribution in [-0.4, -0.2) is 39.9 Å². The third-order valence-corrected chi connectivity index (χ3v) is 5.33. The van der Waals surface area contributed by atoms with Gasteiger partial charge < -0.3 is 14.7 Å². The van der Waals surface area contributed by atoms with Crippen LogP contribution in [0.2, 0.25) is 5.02 Å². The molecular weight excluding hydrogens is 368 g/mol. The van der Waals surface area contributed by atoms with E-state index in [0.717, 1.165) is 12.8 Å². The molecule has 0 atom stereocenters. The van der Waals surface area contributed by atoms with E-state index < -0.39 is 0 Å². The van der Waals surface area contributed by atoms with Crippen LogP contribution in [0.15, 0.2) is 28.8 Å². The Hall–Kier alpha value is -2.41. The Morgan fingerprint density at radius 2 is 1.85 bits per heavy atom. The van der Waals surface area contributed by atoms with Crippen LogP contribution in [0.3, 0.4) is 0 Å². The van der Waals surface area contributed by atoms with E-state index >= 15 is 0 Å². The highest BCUT2D eigenvalue weighted by atomic mass is 35.5. The minimum atomic E-state index is -0.103. The van der Waals surface area contributed by atoms with Gasteiger partial charge in [-0.25, -0.2) is 0 Å². The third kappa shape index (κ3) is 4.30. The highest BCUT2D eigenvalue weighted by molar-refractivity contribution is 6.30. The number of carbonyl (C=O) groups excluding carboxylic acids is 2. The molecular formula is C19H21ClN4O3. The number of nitrogens with one attached hydrogen (secondary N) is 1. The van der Waals surface area contributed by atoms with Gasteiger partial charge in [-0.3, -0.25) is 9.59 Å². The fourth-order valence-electron chi connectivity index (χ4n) is 3.27. The van der Waals surface area contributed by atoms with Gasteiger partial charge in [0.15, 0.2) is 5.82 Å². The van der Waals surface area contributed by atoms with Gasteiger partial charge >= 0.3 is 0 Å². The van der Waals surface area contributed by atoms with Crippen LogP contribution >= 0.6 is 11.6 Å². The number of halogens is 1. The Morgan fingerprint density at radius 3 is 2.52 bits per heavy atom. The molecule has 1 aromatic heterocycles. The summed E-state index contributed by atoms with van der Waals surface area (Å²) in [6.07, 6.45) is 3.48. The Kier molecular flexibility index (Phi) is 5.11. The normalized spacial score (nSPS) is 17.7. The van der Waals surface area contributed by atoms with E-state index in [-0.39, 0.29) is 24.3 Å². The summed E-state index contributed by atoms with van der Waals surface area (Å²) in [6, 6.07) is 6.87. The molecule has 2 heterocycles. The van der Waals surface area contributed by atoms with Crippen molar-refractivity contribution in [2.45, 2.75) is 38.1 Å². The average Bonchev–Trinajstić information content (AvgIpc) is 3.44. The molecule has 2 fully saturated rings. The molecule has 1 aliphatic carbocycles. The van der Waals surface area contributed by atoms with Gasteiger partial charge in [0.25, 0.3) is 5.91 Å². The number of hydrogen-bond donors (Lipinski definition) is 1. The van der Waals surface area contributed by atoms with Gasteiger partial charge in [0.2, 0.25) is 11.8 Å². The maximum Gasteiger partial charge on any atom is 0.253 e. The van der Waals surface area contributed by atoms with Gasteiger partial charge in [0.1, 0.15) is 0 Å². The second kappa shape index (κ2) is 7.68. The first-order valence-electron chi connectivity index (χ1n) is 9.25. The first kappa shape index (κ1) is 18.0. The number of carbonyl (C=O) groups is 2. The van der Waals surface area contributed by atoms with Crippen molar-refractivity contribution in [3.8, 4) is 0 Å². The number of hydrogen-bond acceptors (Lipinski definition) is 5. The number of rotatable bonds is 5. The second-order valence-electron chi connectivity index (χ2n) is 7.11. The number of piperidine rings is 1. The molecule has 0 bridgehead atoms. The lowest BCUT2D eigenvalue weighted by atomic mass is 9.95. The van der Waals surface area contributed by atoms with E-state index in [1.807, 2.05) is 0 Å². The molecule has 0 radical (unpaired) electrons. The summed E-state index contributed by atoms with van der Waals surface area (Å²) in [5, 5.41) is 7.39. The van der Waals surface area contributed by atoms with Crippen LogP contribution in [0.4, 0.5) is 0 Å². The van der Waals surface area contributed by atoms with Crippen molar-refractivity contribution in [2.75, 3.05) is 13.1 Å². The number of aromatic nitrogens is 2. The maximum atomic E-state index is 12.5. The lowest BCUT2D eigenvalue weighted by Crippen LogP contribution is -2.43. The monoisotopic (exact) mass is 388 g/mol. The summed E-state index contributed by atoms with van der Waals surface area (Å²) < 4.78 is 5.19. The highest BCUT2D eigenvalue weighted by Gasteiger charge is 2.30. The number of amides is 2. The molecule has 7 nitrogen and oxygen atoms in total. The van der Waals surface area contributed by atoms with Gasteiger partial charge in [-0.2, -0.15) is 4.98 Å². The lowest BCUT2D eigenvalue weighted by Gasteiger charge is -2.31. The van der Waals surface area contributed by atoms with Crippen LogP contribution in [-0.2, 0) is 11.3 Å². The number of nitrogens with zero attached hydrogens (tertiary/aromatic N) is 3. The first-order valence-corrected chi connectivity index (χ1v) is 9.63. The molecule has 1 saturated carbocycles. The summed E-state index contributed by atoms with van der Waals surface area (Å²) in [5.74, 6) is 1.45. The van der Waals surface area contributed by atoms with Crippen LogP contribution < -0.4 is 5.32 Å². The van der Waals surface area contributed by atoms with E-state index in [9.17, 15) is 9.59 Å². The molecule has 0 unspecified atom stereocenters. The molecule has 0 spiro atoms. The van der Waals surface area contributed by atoms with E-state index in [1.54, 1.807) is 29.2 Å². The molecule has 1 saturated heterocycles. The molecule has 1 aliphatic heterocycles. The zero-order chi connectivity index (χ0) is 18.8. The summed E-state index contributed by atoms with van der Waals surface area (Å²) in [6.45, 7) is 1.40. The zero-order valence-electron chi connectivity index (χ0n) is 14.9. The molecule has 1 aromatic carbocycles. The van der Waals surface area contributed by atoms with Crippen molar-refractivity contribution >= 4 is 23.4 Å². The molecule has 142 valence electrons. The Morgan fingerprint density at radius 1 is 1.15 bits per heavy atom. The molecule has 8 heteroatoms. The summed E-state index contributed by atoms with van der Waals surface area (Å²) in [4.78, 5) is 31.0. The van der Waals surface area contributed by atoms with E-state index in [1.165, 1.54) is 0 Å². The van der Waals surface area contributed by atoms with Crippen molar-refractivity contribution in [1.29, 1.82) is 0 Å². The first-order chi connectivity index (χ1) is 13.1. The van der Waals surface area contributed by atoms with Gasteiger partial charge in [0.05, 0.1) is 6.54 Å². The Bertz CT molecular complexity index is 824. The minimum Gasteiger partial charge on any atom is -0.348 e. The molecule has 1 N–H and O–H groups in total. The Labute approximate surface area is 162 Å². The van der Waals surface area contributed by atoms with E-state index in [4.69, 9.17) is 16.1 Å². The Balaban J connectivity index is 1.24. The fraction of sp³-hybridized carbons (Fsp3) is 0.474. The van der Waals surface area contributed by atoms with Crippen molar-refractivity contribution in [2.24, 2.45) is 5.92 Å². The molecule has 4 rings (SSSR count). The molecule has 2 amide bonds. The van der Waals surface area contributed by atoms with Crippen molar-refractivity contribution in [3.05, 3.63) is 46.6 Å². The zero-order valence-corrected chi connectivity index (χ0v) is 15.6. The largest absolute Gasteiger partial charge is 0.348 e. The average molecular weight is 389 g/mol. The predicted molar refractivity (Wildman–Crippen MR) is 98.2 cm³/mol. The SMILES string of the molecule is O=C(NCc1noc(C2CC2)n1)C1CCN(C(=O)c2ccc(Cl)cc2)CC1. The summed E-state index contributed by atoms with van der Waals surface area (Å²) in [5.41, 5.74) is 0.617. The van der Waals surface area contributed by atoms with Crippen LogP contribution in [0.1, 0.15) is 53.7 Å². The smallest absolute Gasteiger partial charge is 0.253 e. The van der Waals surface area contributed by atoms with Crippen molar-refractivity contribution < 1.29 is 14.1 Å². The van der Waals surface area contributed by atoms with Gasteiger partial charge in [-0.15, -0.1) is 0 Å².